The van der Waals surface area contributed by atoms with E-state index in [9.17, 15) is 9.59 Å². The molecule has 4 saturated carbocycles. The summed E-state index contributed by atoms with van der Waals surface area (Å²) < 4.78 is 87.7. The maximum atomic E-state index is 16.8. The van der Waals surface area contributed by atoms with E-state index in [4.69, 9.17) is 28.4 Å². The lowest BCUT2D eigenvalue weighted by Crippen LogP contribution is -2.49. The lowest BCUT2D eigenvalue weighted by Gasteiger charge is -2.43. The zero-order valence-corrected chi connectivity index (χ0v) is 63.8. The molecular formula is C92H111F3N4O8. The van der Waals surface area contributed by atoms with Gasteiger partial charge in [-0.25, -0.2) is 0 Å². The Labute approximate surface area is 632 Å². The van der Waals surface area contributed by atoms with Crippen molar-refractivity contribution >= 4 is 51.5 Å². The fourth-order valence-electron chi connectivity index (χ4n) is 20.4. The first kappa shape index (κ1) is 74.3. The van der Waals surface area contributed by atoms with Crippen LogP contribution in [0.25, 0.3) is 28.0 Å². The Morgan fingerprint density at radius 3 is 1.29 bits per heavy atom. The molecule has 7 aromatic carbocycles. The van der Waals surface area contributed by atoms with Gasteiger partial charge in [0, 0.05) is 104 Å². The average molecular weight is 1460 g/mol. The zero-order valence-electron chi connectivity index (χ0n) is 63.8. The average Bonchev–Trinajstić information content (AvgIpc) is 1.54. The van der Waals surface area contributed by atoms with Crippen molar-refractivity contribution in [3.8, 4) is 39.9 Å². The van der Waals surface area contributed by atoms with Gasteiger partial charge in [-0.2, -0.15) is 13.2 Å². The second kappa shape index (κ2) is 32.6. The summed E-state index contributed by atoms with van der Waals surface area (Å²) in [5, 5.41) is 1.29. The Morgan fingerprint density at radius 1 is 0.477 bits per heavy atom. The number of unbranched alkanes of at least 4 members (excludes halogenated alkanes) is 4. The summed E-state index contributed by atoms with van der Waals surface area (Å²) in [5.74, 6) is 7.19. The molecule has 1 atom stereocenters. The van der Waals surface area contributed by atoms with Crippen LogP contribution in [0.5, 0.6) is 28.7 Å². The monoisotopic (exact) mass is 1460 g/mol. The largest absolute Gasteiger partial charge is 0.497 e. The molecule has 3 heterocycles. The lowest BCUT2D eigenvalue weighted by molar-refractivity contribution is -0.256. The van der Waals surface area contributed by atoms with Crippen molar-refractivity contribution in [2.24, 2.45) is 47.3 Å². The Morgan fingerprint density at radius 2 is 0.879 bits per heavy atom. The van der Waals surface area contributed by atoms with Crippen molar-refractivity contribution in [1.82, 2.24) is 0 Å². The van der Waals surface area contributed by atoms with Crippen LogP contribution < -0.4 is 43.3 Å². The topological polar surface area (TPSA) is 102 Å². The minimum atomic E-state index is -4.90. The Bertz CT molecular complexity index is 4160. The third kappa shape index (κ3) is 15.1. The highest BCUT2D eigenvalue weighted by molar-refractivity contribution is 6.11. The fourth-order valence-corrected chi connectivity index (χ4v) is 20.4. The second-order valence-corrected chi connectivity index (χ2v) is 32.5. The number of carbonyl (C=O) groups is 2. The van der Waals surface area contributed by atoms with E-state index in [2.05, 4.69) is 69.8 Å². The number of methoxy groups -OCH3 is 3. The summed E-state index contributed by atoms with van der Waals surface area (Å²) in [6.45, 7) is 9.74. The number of hydrogen-bond acceptors (Lipinski definition) is 12. The summed E-state index contributed by atoms with van der Waals surface area (Å²) in [4.78, 5) is 37.1. The SMILES string of the molecule is CCCCC[C@H]1CC[C@H]([C@H]2CC[C@H](C(=O)Oc3ccc(N4CCN(c5cc6c7c(c8c(c6cc5N5CCN(c6ccc(OC(=O)[C@H]9CC[C@H]([C@H]%10CC[C@H](CCCCC)CC%10)CC9)cc6)CC5)-c5ccccc5C8(OC)C(F)(F)F)C=CC(c5ccc(OC)cc5)(c5ccc(OC)cc5)O7)CC4)cc3)CC2)CC1. The van der Waals surface area contributed by atoms with Crippen LogP contribution in [0.1, 0.15) is 196 Å². The second-order valence-electron chi connectivity index (χ2n) is 32.5. The number of fused-ring (bicyclic) bond motifs is 8. The van der Waals surface area contributed by atoms with Gasteiger partial charge in [-0.1, -0.05) is 146 Å². The molecule has 3 aliphatic heterocycles. The van der Waals surface area contributed by atoms with Crippen molar-refractivity contribution in [2.45, 2.75) is 185 Å². The third-order valence-electron chi connectivity index (χ3n) is 26.7. The predicted molar refractivity (Wildman–Crippen MR) is 423 cm³/mol. The van der Waals surface area contributed by atoms with E-state index in [1.165, 1.54) is 103 Å². The molecule has 15 rings (SSSR count). The van der Waals surface area contributed by atoms with Crippen molar-refractivity contribution in [3.05, 3.63) is 167 Å². The van der Waals surface area contributed by atoms with E-state index in [-0.39, 0.29) is 34.9 Å². The number of halogens is 3. The fraction of sp³-hybridized carbons (Fsp3) is 0.522. The minimum absolute atomic E-state index is 0.00602. The number of benzene rings is 7. The minimum Gasteiger partial charge on any atom is -0.497 e. The summed E-state index contributed by atoms with van der Waals surface area (Å²) in [7, 11) is 4.40. The van der Waals surface area contributed by atoms with Crippen LogP contribution in [0.15, 0.2) is 140 Å². The number of hydrogen-bond donors (Lipinski definition) is 0. The molecule has 0 amide bonds. The number of ether oxygens (including phenoxy) is 6. The lowest BCUT2D eigenvalue weighted by atomic mass is 9.68. The highest BCUT2D eigenvalue weighted by Crippen LogP contribution is 2.64. The van der Waals surface area contributed by atoms with Gasteiger partial charge in [0.25, 0.3) is 0 Å². The molecule has 8 aliphatic rings. The number of esters is 2. The van der Waals surface area contributed by atoms with Crippen LogP contribution in [0.2, 0.25) is 0 Å². The first-order valence-corrected chi connectivity index (χ1v) is 40.9. The van der Waals surface area contributed by atoms with Gasteiger partial charge in [-0.15, -0.1) is 0 Å². The van der Waals surface area contributed by atoms with Crippen LogP contribution in [0.3, 0.4) is 0 Å². The van der Waals surface area contributed by atoms with Crippen molar-refractivity contribution in [3.63, 3.8) is 0 Å². The normalized spacial score (nSPS) is 25.0. The highest BCUT2D eigenvalue weighted by Gasteiger charge is 2.64. The van der Waals surface area contributed by atoms with Crippen LogP contribution >= 0.6 is 0 Å². The molecule has 12 nitrogen and oxygen atoms in total. The molecule has 5 aliphatic carbocycles. The van der Waals surface area contributed by atoms with Gasteiger partial charge in [-0.3, -0.25) is 9.59 Å². The number of anilines is 4. The van der Waals surface area contributed by atoms with Crippen molar-refractivity contribution in [1.29, 1.82) is 0 Å². The molecule has 15 heteroatoms. The van der Waals surface area contributed by atoms with Gasteiger partial charge >= 0.3 is 18.1 Å². The van der Waals surface area contributed by atoms with Gasteiger partial charge in [-0.05, 0) is 220 Å². The maximum absolute atomic E-state index is 16.8. The van der Waals surface area contributed by atoms with Crippen molar-refractivity contribution in [2.75, 3.05) is 93.3 Å². The molecule has 2 saturated heterocycles. The first-order valence-electron chi connectivity index (χ1n) is 40.9. The van der Waals surface area contributed by atoms with Crippen LogP contribution in [0, 0.1) is 47.3 Å². The Kier molecular flexibility index (Phi) is 22.6. The highest BCUT2D eigenvalue weighted by atomic mass is 19.4. The van der Waals surface area contributed by atoms with Crippen LogP contribution in [-0.2, 0) is 25.5 Å². The number of rotatable bonds is 23. The standard InChI is InChI=1S/C92H111F3N4O8/c1-6-8-10-14-62-18-22-64(23-19-62)66-26-30-68(31-27-66)88(100)105-76-46-38-72(39-47-76)96-52-56-98(57-53-96)83-60-80-81(61-84(83)99-58-54-97(55-59-99)73-40-48-77(49-41-73)106-89(101)69-32-28-67(29-33-69)65-24-20-63(21-25-65)15-11-9-7-2)87-79(86-85(80)78-16-12-13-17-82(78)91(86,104-5)92(93,94)95)50-51-90(107-87,70-34-42-74(102-3)43-35-70)71-36-44-75(103-4)45-37-71/h12-13,16-17,34-51,60-69H,6-11,14-15,18-33,52-59H2,1-5H3/t62-,63-,64-,65-,66-,67-,68-,69-,91?. The van der Waals surface area contributed by atoms with Crippen LogP contribution in [0.4, 0.5) is 35.9 Å². The Hall–Kier alpha value is -8.17. The quantitative estimate of drug-likeness (QED) is 0.0346. The van der Waals surface area contributed by atoms with E-state index in [1.54, 1.807) is 32.4 Å². The van der Waals surface area contributed by atoms with E-state index in [1.807, 2.05) is 91.0 Å². The number of nitrogens with zero attached hydrogens (tertiary/aromatic N) is 4. The molecule has 107 heavy (non-hydrogen) atoms. The number of carbonyl (C=O) groups excluding carboxylic acids is 2. The van der Waals surface area contributed by atoms with E-state index in [0.29, 0.717) is 109 Å². The van der Waals surface area contributed by atoms with E-state index in [0.717, 1.165) is 128 Å². The van der Waals surface area contributed by atoms with E-state index < -0.39 is 17.4 Å². The summed E-state index contributed by atoms with van der Waals surface area (Å²) in [6.07, 6.45) is 28.5. The molecule has 1 unspecified atom stereocenters. The molecule has 0 spiro atoms. The van der Waals surface area contributed by atoms with Gasteiger partial charge in [0.15, 0.2) is 5.60 Å². The summed E-state index contributed by atoms with van der Waals surface area (Å²) >= 11 is 0. The molecular weight excluding hydrogens is 1350 g/mol. The number of alkyl halides is 3. The first-order chi connectivity index (χ1) is 52.2. The van der Waals surface area contributed by atoms with Crippen molar-refractivity contribution < 1.29 is 51.2 Å². The van der Waals surface area contributed by atoms with Gasteiger partial charge in [0.05, 0.1) is 37.4 Å². The molecule has 568 valence electrons. The maximum Gasteiger partial charge on any atom is 0.426 e. The predicted octanol–water partition coefficient (Wildman–Crippen LogP) is 21.5. The molecule has 0 aromatic heterocycles. The zero-order chi connectivity index (χ0) is 73.8. The summed E-state index contributed by atoms with van der Waals surface area (Å²) in [5.41, 5.74) is 2.45. The molecule has 6 fully saturated rings. The molecule has 7 aromatic rings. The molecule has 0 N–H and O–H groups in total. The Balaban J connectivity index is 0.705. The van der Waals surface area contributed by atoms with Crippen LogP contribution in [-0.4, -0.2) is 91.8 Å². The van der Waals surface area contributed by atoms with Gasteiger partial charge < -0.3 is 48.0 Å². The smallest absolute Gasteiger partial charge is 0.426 e. The van der Waals surface area contributed by atoms with E-state index >= 15 is 13.2 Å². The third-order valence-corrected chi connectivity index (χ3v) is 26.7. The molecule has 0 radical (unpaired) electrons. The van der Waals surface area contributed by atoms with Gasteiger partial charge in [0.2, 0.25) is 5.60 Å². The summed E-state index contributed by atoms with van der Waals surface area (Å²) in [6, 6.07) is 42.4. The number of piperazine rings is 2. The molecule has 0 bridgehead atoms. The van der Waals surface area contributed by atoms with Gasteiger partial charge in [0.1, 0.15) is 28.7 Å².